The number of carbonyl (C=O) groups is 1. The minimum atomic E-state index is -0.222. The average molecular weight is 353 g/mol. The Hall–Kier alpha value is -2.46. The van der Waals surface area contributed by atoms with Crippen molar-refractivity contribution in [2.24, 2.45) is 5.10 Å². The van der Waals surface area contributed by atoms with Crippen molar-refractivity contribution in [1.82, 2.24) is 5.43 Å². The Bertz CT molecular complexity index is 853. The van der Waals surface area contributed by atoms with Crippen molar-refractivity contribution in [2.45, 2.75) is 0 Å². The quantitative estimate of drug-likeness (QED) is 0.552. The maximum atomic E-state index is 12.3. The first-order chi connectivity index (χ1) is 10.8. The van der Waals surface area contributed by atoms with Gasteiger partial charge in [0, 0.05) is 15.6 Å². The number of carbonyl (C=O) groups excluding carboxylic acids is 1. The Labute approximate surface area is 136 Å². The number of nitrogens with zero attached hydrogens (tertiary/aromatic N) is 1. The summed E-state index contributed by atoms with van der Waals surface area (Å²) >= 11 is 3.44. The zero-order chi connectivity index (χ0) is 15.4. The highest BCUT2D eigenvalue weighted by molar-refractivity contribution is 9.10. The maximum absolute atomic E-state index is 12.3. The highest BCUT2D eigenvalue weighted by atomic mass is 79.9. The molecule has 0 bridgehead atoms. The van der Waals surface area contributed by atoms with Gasteiger partial charge in [-0.25, -0.2) is 5.43 Å². The molecule has 0 saturated carbocycles. The lowest BCUT2D eigenvalue weighted by Crippen LogP contribution is -2.17. The van der Waals surface area contributed by atoms with Crippen LogP contribution in [0, 0.1) is 0 Å². The second kappa shape index (κ2) is 6.54. The van der Waals surface area contributed by atoms with Crippen molar-refractivity contribution in [3.63, 3.8) is 0 Å². The molecule has 3 rings (SSSR count). The van der Waals surface area contributed by atoms with E-state index in [9.17, 15) is 4.79 Å². The summed E-state index contributed by atoms with van der Waals surface area (Å²) in [5.74, 6) is -0.222. The third kappa shape index (κ3) is 3.07. The van der Waals surface area contributed by atoms with Gasteiger partial charge in [0.05, 0.1) is 6.21 Å². The molecule has 0 radical (unpaired) electrons. The summed E-state index contributed by atoms with van der Waals surface area (Å²) in [4.78, 5) is 12.3. The predicted molar refractivity (Wildman–Crippen MR) is 93.2 cm³/mol. The Morgan fingerprint density at radius 3 is 2.55 bits per heavy atom. The Morgan fingerprint density at radius 2 is 1.68 bits per heavy atom. The molecule has 0 aromatic heterocycles. The molecule has 0 aliphatic rings. The van der Waals surface area contributed by atoms with Gasteiger partial charge in [0.2, 0.25) is 0 Å². The number of rotatable bonds is 3. The summed E-state index contributed by atoms with van der Waals surface area (Å²) in [7, 11) is 0. The average Bonchev–Trinajstić information content (AvgIpc) is 2.56. The first kappa shape index (κ1) is 14.5. The van der Waals surface area contributed by atoms with Crippen LogP contribution in [-0.2, 0) is 0 Å². The van der Waals surface area contributed by atoms with Crippen LogP contribution >= 0.6 is 15.9 Å². The molecule has 0 atom stereocenters. The third-order valence-corrected chi connectivity index (χ3v) is 4.03. The fourth-order valence-corrected chi connectivity index (χ4v) is 2.61. The Morgan fingerprint density at radius 1 is 0.955 bits per heavy atom. The summed E-state index contributed by atoms with van der Waals surface area (Å²) < 4.78 is 0.929. The molecule has 3 aromatic carbocycles. The fourth-order valence-electron chi connectivity index (χ4n) is 2.22. The first-order valence-corrected chi connectivity index (χ1v) is 7.61. The highest BCUT2D eigenvalue weighted by Gasteiger charge is 2.08. The van der Waals surface area contributed by atoms with Crippen molar-refractivity contribution in [1.29, 1.82) is 0 Å². The minimum absolute atomic E-state index is 0.222. The number of nitrogens with one attached hydrogen (secondary N) is 1. The van der Waals surface area contributed by atoms with Gasteiger partial charge in [-0.3, -0.25) is 4.79 Å². The van der Waals surface area contributed by atoms with E-state index in [1.165, 1.54) is 0 Å². The molecule has 4 heteroatoms. The lowest BCUT2D eigenvalue weighted by Gasteiger charge is -2.04. The number of hydrogen-bond donors (Lipinski definition) is 1. The molecule has 0 saturated heterocycles. The largest absolute Gasteiger partial charge is 0.271 e. The van der Waals surface area contributed by atoms with Gasteiger partial charge in [0.25, 0.3) is 5.91 Å². The molecule has 108 valence electrons. The second-order valence-corrected chi connectivity index (χ2v) is 5.60. The Kier molecular flexibility index (Phi) is 4.30. The van der Waals surface area contributed by atoms with Crippen LogP contribution in [-0.4, -0.2) is 12.1 Å². The maximum Gasteiger partial charge on any atom is 0.271 e. The molecular formula is C18H13BrN2O. The molecule has 0 aliphatic heterocycles. The van der Waals surface area contributed by atoms with E-state index in [0.717, 1.165) is 20.8 Å². The molecule has 3 aromatic rings. The SMILES string of the molecule is O=C(N/N=C/c1ccccc1Br)c1cccc2ccccc12. The van der Waals surface area contributed by atoms with Gasteiger partial charge in [-0.1, -0.05) is 70.5 Å². The summed E-state index contributed by atoms with van der Waals surface area (Å²) in [5.41, 5.74) is 4.09. The molecule has 0 unspecified atom stereocenters. The van der Waals surface area contributed by atoms with Crippen LogP contribution in [0.25, 0.3) is 10.8 Å². The van der Waals surface area contributed by atoms with Gasteiger partial charge in [-0.15, -0.1) is 0 Å². The van der Waals surface area contributed by atoms with Crippen LogP contribution in [0.5, 0.6) is 0 Å². The van der Waals surface area contributed by atoms with E-state index < -0.39 is 0 Å². The molecule has 1 N–H and O–H groups in total. The topological polar surface area (TPSA) is 41.5 Å². The van der Waals surface area contributed by atoms with Gasteiger partial charge in [-0.2, -0.15) is 5.10 Å². The summed E-state index contributed by atoms with van der Waals surface area (Å²) in [6, 6.07) is 21.1. The molecular weight excluding hydrogens is 340 g/mol. The molecule has 0 aliphatic carbocycles. The number of fused-ring (bicyclic) bond motifs is 1. The van der Waals surface area contributed by atoms with E-state index >= 15 is 0 Å². The number of benzene rings is 3. The van der Waals surface area contributed by atoms with Crippen LogP contribution in [0.1, 0.15) is 15.9 Å². The van der Waals surface area contributed by atoms with Crippen molar-refractivity contribution >= 4 is 38.8 Å². The van der Waals surface area contributed by atoms with Gasteiger partial charge < -0.3 is 0 Å². The number of hydrogen-bond acceptors (Lipinski definition) is 2. The molecule has 22 heavy (non-hydrogen) atoms. The van der Waals surface area contributed by atoms with Gasteiger partial charge in [-0.05, 0) is 22.9 Å². The minimum Gasteiger partial charge on any atom is -0.267 e. The fraction of sp³-hybridized carbons (Fsp3) is 0. The smallest absolute Gasteiger partial charge is 0.267 e. The van der Waals surface area contributed by atoms with E-state index in [2.05, 4.69) is 26.5 Å². The van der Waals surface area contributed by atoms with Crippen LogP contribution < -0.4 is 5.43 Å². The van der Waals surface area contributed by atoms with Gasteiger partial charge in [0.15, 0.2) is 0 Å². The highest BCUT2D eigenvalue weighted by Crippen LogP contribution is 2.18. The number of hydrazone groups is 1. The predicted octanol–water partition coefficient (Wildman–Crippen LogP) is 4.37. The molecule has 0 heterocycles. The van der Waals surface area contributed by atoms with E-state index in [-0.39, 0.29) is 5.91 Å². The number of halogens is 1. The zero-order valence-electron chi connectivity index (χ0n) is 11.7. The van der Waals surface area contributed by atoms with Crippen LogP contribution in [0.3, 0.4) is 0 Å². The Balaban J connectivity index is 1.81. The van der Waals surface area contributed by atoms with Crippen molar-refractivity contribution < 1.29 is 4.79 Å². The third-order valence-electron chi connectivity index (χ3n) is 3.31. The standard InChI is InChI=1S/C18H13BrN2O/c19-17-11-4-2-7-14(17)12-20-21-18(22)16-10-5-8-13-6-1-3-9-15(13)16/h1-12H,(H,21,22)/b20-12+. The van der Waals surface area contributed by atoms with Gasteiger partial charge >= 0.3 is 0 Å². The van der Waals surface area contributed by atoms with Crippen molar-refractivity contribution in [2.75, 3.05) is 0 Å². The summed E-state index contributed by atoms with van der Waals surface area (Å²) in [6.45, 7) is 0. The van der Waals surface area contributed by atoms with E-state index in [4.69, 9.17) is 0 Å². The summed E-state index contributed by atoms with van der Waals surface area (Å²) in [5, 5.41) is 5.98. The normalized spacial score (nSPS) is 11.0. The van der Waals surface area contributed by atoms with Crippen LogP contribution in [0.4, 0.5) is 0 Å². The molecule has 0 spiro atoms. The molecule has 1 amide bonds. The van der Waals surface area contributed by atoms with Crippen molar-refractivity contribution in [3.05, 3.63) is 82.3 Å². The van der Waals surface area contributed by atoms with Crippen LogP contribution in [0.15, 0.2) is 76.3 Å². The number of amides is 1. The molecule has 0 fully saturated rings. The first-order valence-electron chi connectivity index (χ1n) is 6.81. The molecule has 3 nitrogen and oxygen atoms in total. The summed E-state index contributed by atoms with van der Waals surface area (Å²) in [6.07, 6.45) is 1.62. The van der Waals surface area contributed by atoms with E-state index in [1.807, 2.05) is 60.7 Å². The lowest BCUT2D eigenvalue weighted by atomic mass is 10.0. The zero-order valence-corrected chi connectivity index (χ0v) is 13.2. The van der Waals surface area contributed by atoms with Crippen LogP contribution in [0.2, 0.25) is 0 Å². The van der Waals surface area contributed by atoms with E-state index in [1.54, 1.807) is 12.3 Å². The lowest BCUT2D eigenvalue weighted by molar-refractivity contribution is 0.0957. The second-order valence-electron chi connectivity index (χ2n) is 4.75. The van der Waals surface area contributed by atoms with Crippen molar-refractivity contribution in [3.8, 4) is 0 Å². The monoisotopic (exact) mass is 352 g/mol. The van der Waals surface area contributed by atoms with Gasteiger partial charge in [0.1, 0.15) is 0 Å². The van der Waals surface area contributed by atoms with E-state index in [0.29, 0.717) is 5.56 Å².